The van der Waals surface area contributed by atoms with Gasteiger partial charge in [-0.25, -0.2) is 0 Å². The van der Waals surface area contributed by atoms with Gasteiger partial charge in [0.25, 0.3) is 0 Å². The average molecular weight is 210 g/mol. The van der Waals surface area contributed by atoms with Crippen molar-refractivity contribution in [2.75, 3.05) is 13.1 Å². The minimum absolute atomic E-state index is 0.0885. The van der Waals surface area contributed by atoms with Gasteiger partial charge in [0.1, 0.15) is 0 Å². The fraction of sp³-hybridized carbons (Fsp3) is 0.917. The van der Waals surface area contributed by atoms with E-state index in [0.717, 1.165) is 25.9 Å². The number of hydrogen-bond donors (Lipinski definition) is 1. The van der Waals surface area contributed by atoms with Gasteiger partial charge in [0.2, 0.25) is 5.91 Å². The van der Waals surface area contributed by atoms with E-state index in [-0.39, 0.29) is 11.0 Å². The van der Waals surface area contributed by atoms with Crippen LogP contribution in [0.25, 0.3) is 0 Å². The summed E-state index contributed by atoms with van der Waals surface area (Å²) in [5, 5.41) is 0. The normalized spacial score (nSPS) is 28.3. The number of likely N-dealkylation sites (tertiary alicyclic amines) is 1. The highest BCUT2D eigenvalue weighted by molar-refractivity contribution is 5.83. The van der Waals surface area contributed by atoms with Crippen molar-refractivity contribution in [3.05, 3.63) is 0 Å². The molecule has 0 spiro atoms. The van der Waals surface area contributed by atoms with Crippen LogP contribution in [0.2, 0.25) is 0 Å². The molecule has 1 heterocycles. The first-order valence-corrected chi connectivity index (χ1v) is 6.01. The van der Waals surface area contributed by atoms with Gasteiger partial charge in [0.05, 0.1) is 0 Å². The summed E-state index contributed by atoms with van der Waals surface area (Å²) in [6, 6.07) is 0. The van der Waals surface area contributed by atoms with Crippen molar-refractivity contribution in [1.82, 2.24) is 4.90 Å². The Labute approximate surface area is 92.0 Å². The third-order valence-corrected chi connectivity index (χ3v) is 3.86. The van der Waals surface area contributed by atoms with Gasteiger partial charge in [-0.1, -0.05) is 26.2 Å². The molecule has 0 atom stereocenters. The summed E-state index contributed by atoms with van der Waals surface area (Å²) >= 11 is 0. The fourth-order valence-corrected chi connectivity index (χ4v) is 2.90. The number of carbonyl (C=O) groups is 1. The number of rotatable bonds is 1. The Bertz CT molecular complexity index is 259. The molecule has 0 aromatic carbocycles. The maximum absolute atomic E-state index is 12.3. The van der Waals surface area contributed by atoms with Gasteiger partial charge in [-0.2, -0.15) is 0 Å². The quantitative estimate of drug-likeness (QED) is 0.713. The molecule has 0 aromatic rings. The van der Waals surface area contributed by atoms with Gasteiger partial charge in [0.15, 0.2) is 0 Å². The van der Waals surface area contributed by atoms with Gasteiger partial charge in [-0.15, -0.1) is 0 Å². The molecule has 1 saturated heterocycles. The van der Waals surface area contributed by atoms with E-state index in [1.807, 2.05) is 11.8 Å². The molecule has 0 aromatic heterocycles. The van der Waals surface area contributed by atoms with Crippen LogP contribution < -0.4 is 5.73 Å². The molecule has 2 fully saturated rings. The Morgan fingerprint density at radius 3 is 2.13 bits per heavy atom. The average Bonchev–Trinajstić information content (AvgIpc) is 2.14. The van der Waals surface area contributed by atoms with E-state index in [4.69, 9.17) is 5.73 Å². The highest BCUT2D eigenvalue weighted by atomic mass is 16.2. The molecule has 2 N–H and O–H groups in total. The van der Waals surface area contributed by atoms with Crippen LogP contribution in [0.3, 0.4) is 0 Å². The topological polar surface area (TPSA) is 46.3 Å². The van der Waals surface area contributed by atoms with Crippen LogP contribution in [0.4, 0.5) is 0 Å². The van der Waals surface area contributed by atoms with Crippen molar-refractivity contribution < 1.29 is 4.79 Å². The Morgan fingerprint density at radius 2 is 1.67 bits per heavy atom. The largest absolute Gasteiger partial charge is 0.338 e. The van der Waals surface area contributed by atoms with Gasteiger partial charge >= 0.3 is 0 Å². The maximum Gasteiger partial charge on any atom is 0.228 e. The van der Waals surface area contributed by atoms with Crippen LogP contribution >= 0.6 is 0 Å². The van der Waals surface area contributed by atoms with Crippen molar-refractivity contribution in [2.24, 2.45) is 11.1 Å². The lowest BCUT2D eigenvalue weighted by atomic mass is 9.73. The third kappa shape index (κ3) is 2.03. The monoisotopic (exact) mass is 210 g/mol. The molecular formula is C12H22N2O. The molecule has 1 aliphatic heterocycles. The summed E-state index contributed by atoms with van der Waals surface area (Å²) in [6.45, 7) is 5.61. The third-order valence-electron chi connectivity index (χ3n) is 3.86. The van der Waals surface area contributed by atoms with Crippen LogP contribution in [-0.4, -0.2) is 29.4 Å². The molecular weight excluding hydrogens is 188 g/mol. The highest BCUT2D eigenvalue weighted by Crippen LogP contribution is 2.39. The molecule has 1 saturated carbocycles. The Kier molecular flexibility index (Phi) is 2.53. The minimum Gasteiger partial charge on any atom is -0.338 e. The summed E-state index contributed by atoms with van der Waals surface area (Å²) in [7, 11) is 0. The van der Waals surface area contributed by atoms with Crippen molar-refractivity contribution in [3.8, 4) is 0 Å². The molecule has 0 radical (unpaired) electrons. The zero-order chi connectivity index (χ0) is 11.1. The van der Waals surface area contributed by atoms with Crippen molar-refractivity contribution in [3.63, 3.8) is 0 Å². The standard InChI is InChI=1S/C12H22N2O/c1-11(6-4-3-5-7-11)10(15)14-8-12(2,13)9-14/h3-9,13H2,1-2H3. The smallest absolute Gasteiger partial charge is 0.228 e. The van der Waals surface area contributed by atoms with E-state index in [1.165, 1.54) is 19.3 Å². The van der Waals surface area contributed by atoms with Crippen LogP contribution in [0.15, 0.2) is 0 Å². The van der Waals surface area contributed by atoms with E-state index in [1.54, 1.807) is 0 Å². The SMILES string of the molecule is CC1(N)CN(C(=O)C2(C)CCCCC2)C1. The number of nitrogens with two attached hydrogens (primary N) is 1. The van der Waals surface area contributed by atoms with Crippen LogP contribution in [0.5, 0.6) is 0 Å². The predicted molar refractivity (Wildman–Crippen MR) is 60.4 cm³/mol. The highest BCUT2D eigenvalue weighted by Gasteiger charge is 2.45. The zero-order valence-electron chi connectivity index (χ0n) is 9.88. The molecule has 0 bridgehead atoms. The molecule has 2 rings (SSSR count). The lowest BCUT2D eigenvalue weighted by Crippen LogP contribution is -2.68. The Morgan fingerprint density at radius 1 is 1.13 bits per heavy atom. The first kappa shape index (κ1) is 10.9. The zero-order valence-corrected chi connectivity index (χ0v) is 9.88. The van der Waals surface area contributed by atoms with E-state index < -0.39 is 0 Å². The maximum atomic E-state index is 12.3. The van der Waals surface area contributed by atoms with Crippen LogP contribution in [-0.2, 0) is 4.79 Å². The molecule has 15 heavy (non-hydrogen) atoms. The van der Waals surface area contributed by atoms with Gasteiger partial charge < -0.3 is 10.6 Å². The number of carbonyl (C=O) groups excluding carboxylic acids is 1. The number of hydrogen-bond acceptors (Lipinski definition) is 2. The van der Waals surface area contributed by atoms with E-state index in [0.29, 0.717) is 5.91 Å². The molecule has 1 amide bonds. The molecule has 0 unspecified atom stereocenters. The number of nitrogens with zero attached hydrogens (tertiary/aromatic N) is 1. The fourth-order valence-electron chi connectivity index (χ4n) is 2.90. The summed E-state index contributed by atoms with van der Waals surface area (Å²) in [6.07, 6.45) is 5.82. The first-order valence-electron chi connectivity index (χ1n) is 6.01. The lowest BCUT2D eigenvalue weighted by Gasteiger charge is -2.49. The van der Waals surface area contributed by atoms with Crippen LogP contribution in [0, 0.1) is 5.41 Å². The van der Waals surface area contributed by atoms with Crippen molar-refractivity contribution in [2.45, 2.75) is 51.5 Å². The Hall–Kier alpha value is -0.570. The number of amides is 1. The predicted octanol–water partition coefficient (Wildman–Crippen LogP) is 1.52. The molecule has 1 aliphatic carbocycles. The Balaban J connectivity index is 1.96. The lowest BCUT2D eigenvalue weighted by molar-refractivity contribution is -0.150. The molecule has 3 heteroatoms. The molecule has 86 valence electrons. The molecule has 2 aliphatic rings. The summed E-state index contributed by atoms with van der Waals surface area (Å²) in [5.74, 6) is 0.338. The summed E-state index contributed by atoms with van der Waals surface area (Å²) in [4.78, 5) is 14.2. The van der Waals surface area contributed by atoms with Gasteiger partial charge in [-0.05, 0) is 19.8 Å². The van der Waals surface area contributed by atoms with E-state index >= 15 is 0 Å². The van der Waals surface area contributed by atoms with E-state index in [2.05, 4.69) is 6.92 Å². The molecule has 3 nitrogen and oxygen atoms in total. The summed E-state index contributed by atoms with van der Waals surface area (Å²) in [5.41, 5.74) is 5.70. The first-order chi connectivity index (χ1) is 6.93. The van der Waals surface area contributed by atoms with Crippen molar-refractivity contribution in [1.29, 1.82) is 0 Å². The second kappa shape index (κ2) is 3.48. The second-order valence-corrected chi connectivity index (χ2v) is 5.94. The van der Waals surface area contributed by atoms with Crippen LogP contribution in [0.1, 0.15) is 46.0 Å². The minimum atomic E-state index is -0.138. The van der Waals surface area contributed by atoms with Crippen molar-refractivity contribution >= 4 is 5.91 Å². The van der Waals surface area contributed by atoms with E-state index in [9.17, 15) is 4.79 Å². The second-order valence-electron chi connectivity index (χ2n) is 5.94. The van der Waals surface area contributed by atoms with Gasteiger partial charge in [-0.3, -0.25) is 4.79 Å². The summed E-state index contributed by atoms with van der Waals surface area (Å²) < 4.78 is 0. The van der Waals surface area contributed by atoms with Gasteiger partial charge in [0, 0.05) is 24.0 Å².